The minimum absolute atomic E-state index is 0.799. The van der Waals surface area contributed by atoms with Crippen molar-refractivity contribution in [3.05, 3.63) is 0 Å². The fourth-order valence-corrected chi connectivity index (χ4v) is 8.14. The number of carboxylic acids is 3. The molecule has 5 aliphatic heterocycles. The van der Waals surface area contributed by atoms with Gasteiger partial charge in [-0.15, -0.1) is 0 Å². The van der Waals surface area contributed by atoms with Gasteiger partial charge in [0.15, 0.2) is 62.0 Å². The molecule has 0 spiro atoms. The van der Waals surface area contributed by atoms with Crippen molar-refractivity contribution in [2.45, 2.75) is 168 Å². The van der Waals surface area contributed by atoms with Gasteiger partial charge in [0.2, 0.25) is 5.91 Å². The van der Waals surface area contributed by atoms with Crippen LogP contribution in [0.2, 0.25) is 0 Å². The second-order valence-electron chi connectivity index (χ2n) is 15.9. The van der Waals surface area contributed by atoms with Crippen LogP contribution in [0, 0.1) is 0 Å². The molecule has 5 fully saturated rings. The van der Waals surface area contributed by atoms with Crippen molar-refractivity contribution in [1.29, 1.82) is 0 Å². The van der Waals surface area contributed by atoms with E-state index in [0.717, 1.165) is 35.0 Å². The Balaban J connectivity index is 1.37. The predicted octanol–water partition coefficient (Wildman–Crippen LogP) is -8.42. The lowest BCUT2D eigenvalue weighted by Gasteiger charge is -2.48. The van der Waals surface area contributed by atoms with Gasteiger partial charge in [-0.25, -0.2) is 14.4 Å². The lowest BCUT2D eigenvalue weighted by atomic mass is 9.95. The van der Waals surface area contributed by atoms with Gasteiger partial charge in [-0.05, 0) is 0 Å². The third kappa shape index (κ3) is 12.0. The minimum Gasteiger partial charge on any atom is -0.479 e. The highest BCUT2D eigenvalue weighted by molar-refractivity contribution is 5.75. The number of carbonyl (C=O) groups excluding carboxylic acids is 3. The molecule has 24 atom stereocenters. The second-order valence-corrected chi connectivity index (χ2v) is 15.9. The van der Waals surface area contributed by atoms with Crippen molar-refractivity contribution in [3.8, 4) is 0 Å². The van der Waals surface area contributed by atoms with Crippen LogP contribution in [0.5, 0.6) is 0 Å². The number of esters is 2. The summed E-state index contributed by atoms with van der Waals surface area (Å²) in [5.41, 5.74) is 0. The van der Waals surface area contributed by atoms with E-state index in [1.807, 2.05) is 0 Å². The van der Waals surface area contributed by atoms with Crippen LogP contribution < -0.4 is 5.32 Å². The molecule has 5 saturated heterocycles. The number of ether oxygens (including phenoxy) is 13. The topological polar surface area (TPSA) is 457 Å². The van der Waals surface area contributed by atoms with Crippen LogP contribution in [0.1, 0.15) is 20.8 Å². The number of rotatable bonds is 17. The third-order valence-electron chi connectivity index (χ3n) is 11.3. The Kier molecular flexibility index (Phi) is 18.9. The summed E-state index contributed by atoms with van der Waals surface area (Å²) in [5, 5.41) is 118. The van der Waals surface area contributed by atoms with E-state index >= 15 is 0 Å². The first kappa shape index (κ1) is 55.0. The molecule has 5 aliphatic rings. The van der Waals surface area contributed by atoms with E-state index in [2.05, 4.69) is 5.32 Å². The zero-order chi connectivity index (χ0) is 50.6. The fraction of sp³-hybridized carbons (Fsp3) is 0.838. The summed E-state index contributed by atoms with van der Waals surface area (Å²) in [6.07, 6.45) is -45.7. The van der Waals surface area contributed by atoms with Crippen LogP contribution in [0.25, 0.3) is 0 Å². The predicted molar refractivity (Wildman–Crippen MR) is 202 cm³/mol. The average molecular weight is 994 g/mol. The molecule has 0 aromatic heterocycles. The standard InChI is InChI=1S/C37H55NO30/c1-8(40)38-13-15(44)21(56-4)26(30(49)50)66-34(13)63-22-17(46)18(47)35(67-27(22)31(51)52)62-12-7-58-36(29(60-10(3)42)20(12)59-9(2)41)64-23-19(48)25(57-5)37(68-28(23)32(53)54)65-24-16(45)14(43)11(6-39)61-33(24)55/h11-29,33-37,39,43-48,55H,6-7H2,1-5H3,(H,38,40)(H,49,50)(H,51,52)(H,53,54)/t11-,12-,13-,14-,15-,16+,17-,18-,19+,20+,21+,22+,23+,24+,25-,26+,27+,28+,29-,33+,34-,35-,36+,37+/m1/s1. The highest BCUT2D eigenvalue weighted by atomic mass is 16.8. The Hall–Kier alpha value is -3.94. The number of amides is 1. The molecule has 31 heteroatoms. The van der Waals surface area contributed by atoms with Crippen LogP contribution in [-0.2, 0) is 90.3 Å². The van der Waals surface area contributed by atoms with Gasteiger partial charge in [0.05, 0.1) is 13.2 Å². The molecule has 0 aliphatic carbocycles. The summed E-state index contributed by atoms with van der Waals surface area (Å²) in [4.78, 5) is 74.3. The smallest absolute Gasteiger partial charge is 0.335 e. The molecule has 5 rings (SSSR count). The average Bonchev–Trinajstić information content (AvgIpc) is 3.26. The second kappa shape index (κ2) is 23.3. The van der Waals surface area contributed by atoms with Crippen molar-refractivity contribution in [2.75, 3.05) is 27.4 Å². The normalized spacial score (nSPS) is 44.2. The largest absolute Gasteiger partial charge is 0.479 e. The van der Waals surface area contributed by atoms with Crippen molar-refractivity contribution >= 4 is 35.8 Å². The zero-order valence-corrected chi connectivity index (χ0v) is 36.4. The van der Waals surface area contributed by atoms with Gasteiger partial charge in [-0.3, -0.25) is 14.4 Å². The molecule has 68 heavy (non-hydrogen) atoms. The Bertz CT molecular complexity index is 1770. The van der Waals surface area contributed by atoms with Crippen LogP contribution in [0.15, 0.2) is 0 Å². The van der Waals surface area contributed by atoms with Crippen LogP contribution in [-0.4, -0.2) is 267 Å². The zero-order valence-electron chi connectivity index (χ0n) is 36.4. The number of aliphatic carboxylic acids is 3. The number of carboxylic acid groups (broad SMARTS) is 3. The lowest BCUT2D eigenvalue weighted by Crippen LogP contribution is -2.69. The summed E-state index contributed by atoms with van der Waals surface area (Å²) >= 11 is 0. The number of methoxy groups -OCH3 is 2. The number of aliphatic hydroxyl groups excluding tert-OH is 8. The molecule has 0 aromatic rings. The van der Waals surface area contributed by atoms with Gasteiger partial charge < -0.3 is 123 Å². The van der Waals surface area contributed by atoms with Crippen LogP contribution >= 0.6 is 0 Å². The Morgan fingerprint density at radius 3 is 1.53 bits per heavy atom. The minimum atomic E-state index is -2.34. The number of aliphatic hydroxyl groups is 8. The molecule has 0 aromatic carbocycles. The van der Waals surface area contributed by atoms with E-state index in [1.54, 1.807) is 0 Å². The first-order valence-electron chi connectivity index (χ1n) is 20.5. The van der Waals surface area contributed by atoms with E-state index in [4.69, 9.17) is 61.6 Å². The molecule has 1 amide bonds. The summed E-state index contributed by atoms with van der Waals surface area (Å²) < 4.78 is 71.2. The molecular formula is C37H55NO30. The SMILES string of the molecule is CO[C@H]1[C@@H](O[C@H]2[C@@H](O)[C@H](O)[C@@H](CO)O[C@@H]2O)O[C@H](C(=O)O)[C@@H](O[C@@H]2OC[C@@H](O[C@@H]3O[C@H](C(=O)O)[C@@H](O[C@@H]4O[C@H](C(=O)O)[C@@H](OC)[C@H](O)[C@H]4NC(C)=O)[C@H](O)[C@H]3O)[C@H](OC(C)=O)[C@H]2OC(C)=O)[C@@H]1O. The van der Waals surface area contributed by atoms with Crippen molar-refractivity contribution < 1.29 is 147 Å². The molecule has 0 radical (unpaired) electrons. The molecule has 0 bridgehead atoms. The molecule has 0 saturated carbocycles. The number of carbonyl (C=O) groups is 6. The Morgan fingerprint density at radius 1 is 0.515 bits per heavy atom. The molecule has 0 unspecified atom stereocenters. The summed E-state index contributed by atoms with van der Waals surface area (Å²) in [7, 11) is 2.04. The summed E-state index contributed by atoms with van der Waals surface area (Å²) in [5.74, 6) is -8.38. The maximum atomic E-state index is 12.6. The summed E-state index contributed by atoms with van der Waals surface area (Å²) in [6.45, 7) is 1.13. The van der Waals surface area contributed by atoms with Gasteiger partial charge >= 0.3 is 29.8 Å². The van der Waals surface area contributed by atoms with Crippen LogP contribution in [0.4, 0.5) is 0 Å². The van der Waals surface area contributed by atoms with Gasteiger partial charge in [-0.2, -0.15) is 0 Å². The van der Waals surface area contributed by atoms with Gasteiger partial charge in [0.25, 0.3) is 0 Å². The highest BCUT2D eigenvalue weighted by Gasteiger charge is 2.59. The van der Waals surface area contributed by atoms with Crippen molar-refractivity contribution in [2.24, 2.45) is 0 Å². The molecule has 5 heterocycles. The van der Waals surface area contributed by atoms with E-state index in [9.17, 15) is 84.9 Å². The Labute approximate surface area is 383 Å². The molecular weight excluding hydrogens is 938 g/mol. The van der Waals surface area contributed by atoms with E-state index in [1.165, 1.54) is 0 Å². The van der Waals surface area contributed by atoms with Crippen molar-refractivity contribution in [1.82, 2.24) is 5.32 Å². The lowest BCUT2D eigenvalue weighted by molar-refractivity contribution is -0.380. The van der Waals surface area contributed by atoms with Gasteiger partial charge in [-0.1, -0.05) is 0 Å². The number of nitrogens with one attached hydrogen (secondary N) is 1. The van der Waals surface area contributed by atoms with Gasteiger partial charge in [0, 0.05) is 35.0 Å². The van der Waals surface area contributed by atoms with E-state index < -0.39 is 196 Å². The molecule has 388 valence electrons. The molecule has 12 N–H and O–H groups in total. The third-order valence-corrected chi connectivity index (χ3v) is 11.3. The highest BCUT2D eigenvalue weighted by Crippen LogP contribution is 2.36. The van der Waals surface area contributed by atoms with Crippen molar-refractivity contribution in [3.63, 3.8) is 0 Å². The van der Waals surface area contributed by atoms with Gasteiger partial charge in [0.1, 0.15) is 85.4 Å². The maximum absolute atomic E-state index is 12.6. The van der Waals surface area contributed by atoms with Crippen LogP contribution in [0.3, 0.4) is 0 Å². The molecule has 31 nitrogen and oxygen atoms in total. The quantitative estimate of drug-likeness (QED) is 0.0602. The first-order chi connectivity index (χ1) is 31.9. The number of hydrogen-bond donors (Lipinski definition) is 12. The number of hydrogen-bond acceptors (Lipinski definition) is 27. The fourth-order valence-electron chi connectivity index (χ4n) is 8.14. The van der Waals surface area contributed by atoms with E-state index in [0.29, 0.717) is 0 Å². The maximum Gasteiger partial charge on any atom is 0.335 e. The summed E-state index contributed by atoms with van der Waals surface area (Å²) in [6, 6.07) is -1.66. The first-order valence-corrected chi connectivity index (χ1v) is 20.5. The monoisotopic (exact) mass is 993 g/mol. The Morgan fingerprint density at radius 2 is 1.00 bits per heavy atom. The van der Waals surface area contributed by atoms with E-state index in [-0.39, 0.29) is 0 Å².